The lowest BCUT2D eigenvalue weighted by molar-refractivity contribution is -0.140. The molecule has 0 radical (unpaired) electrons. The topological polar surface area (TPSA) is 90.7 Å². The molecule has 0 aliphatic heterocycles. The molecule has 0 bridgehead atoms. The van der Waals surface area contributed by atoms with Crippen molar-refractivity contribution in [3.8, 4) is 5.75 Å². The van der Waals surface area contributed by atoms with Gasteiger partial charge in [-0.25, -0.2) is 4.79 Å². The summed E-state index contributed by atoms with van der Waals surface area (Å²) in [6.07, 6.45) is -4.53. The number of carbonyl (C=O) groups is 2. The molecule has 0 aliphatic rings. The summed E-state index contributed by atoms with van der Waals surface area (Å²) in [4.78, 5) is 23.0. The van der Waals surface area contributed by atoms with Gasteiger partial charge in [-0.3, -0.25) is 4.79 Å². The molecule has 1 heterocycles. The van der Waals surface area contributed by atoms with Crippen molar-refractivity contribution in [2.24, 2.45) is 0 Å². The van der Waals surface area contributed by atoms with Gasteiger partial charge in [0.05, 0.1) is 16.8 Å². The van der Waals surface area contributed by atoms with Crippen molar-refractivity contribution in [2.75, 3.05) is 13.2 Å². The Morgan fingerprint density at radius 2 is 1.85 bits per heavy atom. The van der Waals surface area contributed by atoms with Crippen molar-refractivity contribution in [1.82, 2.24) is 10.5 Å². The van der Waals surface area contributed by atoms with Gasteiger partial charge in [-0.15, -0.1) is 0 Å². The highest BCUT2D eigenvalue weighted by Crippen LogP contribution is 2.18. The molecule has 0 unspecified atom stereocenters. The lowest BCUT2D eigenvalue weighted by Crippen LogP contribution is -2.36. The molecule has 1 N–H and O–H groups in total. The molecule has 2 rings (SSSR count). The second kappa shape index (κ2) is 8.56. The zero-order chi connectivity index (χ0) is 20.0. The maximum atomic E-state index is 12.0. The van der Waals surface area contributed by atoms with Gasteiger partial charge in [-0.2, -0.15) is 13.2 Å². The van der Waals surface area contributed by atoms with Crippen molar-refractivity contribution in [2.45, 2.75) is 26.6 Å². The van der Waals surface area contributed by atoms with Gasteiger partial charge in [0.15, 0.2) is 6.61 Å². The number of ether oxygens (including phenoxy) is 2. The summed E-state index contributed by atoms with van der Waals surface area (Å²) in [5, 5.41) is 5.42. The number of halogens is 3. The van der Waals surface area contributed by atoms with Gasteiger partial charge >= 0.3 is 12.1 Å². The summed E-state index contributed by atoms with van der Waals surface area (Å²) in [6.45, 7) is 1.51. The monoisotopic (exact) mass is 386 g/mol. The van der Waals surface area contributed by atoms with Crippen molar-refractivity contribution in [3.63, 3.8) is 0 Å². The van der Waals surface area contributed by atoms with Crippen LogP contribution in [-0.4, -0.2) is 36.4 Å². The Bertz CT molecular complexity index is 780. The molecule has 0 spiro atoms. The van der Waals surface area contributed by atoms with Crippen molar-refractivity contribution < 1.29 is 36.8 Å². The first-order chi connectivity index (χ1) is 12.7. The summed E-state index contributed by atoms with van der Waals surface area (Å²) >= 11 is 0. The van der Waals surface area contributed by atoms with E-state index in [0.717, 1.165) is 11.3 Å². The molecule has 1 aromatic heterocycles. The molecule has 0 saturated carbocycles. The molecule has 0 saturated heterocycles. The molecule has 146 valence electrons. The molecule has 27 heavy (non-hydrogen) atoms. The van der Waals surface area contributed by atoms with Gasteiger partial charge in [0.1, 0.15) is 24.7 Å². The first-order valence-electron chi connectivity index (χ1n) is 7.81. The van der Waals surface area contributed by atoms with Crippen LogP contribution in [0.15, 0.2) is 28.8 Å². The Balaban J connectivity index is 1.82. The van der Waals surface area contributed by atoms with E-state index in [4.69, 9.17) is 9.26 Å². The van der Waals surface area contributed by atoms with E-state index in [1.165, 1.54) is 24.3 Å². The number of esters is 1. The first-order valence-corrected chi connectivity index (χ1v) is 7.81. The lowest BCUT2D eigenvalue weighted by Gasteiger charge is -2.09. The van der Waals surface area contributed by atoms with Crippen LogP contribution < -0.4 is 10.1 Å². The third-order valence-corrected chi connectivity index (χ3v) is 3.47. The zero-order valence-corrected chi connectivity index (χ0v) is 14.6. The summed E-state index contributed by atoms with van der Waals surface area (Å²) in [6, 6.07) is 5.88. The summed E-state index contributed by atoms with van der Waals surface area (Å²) in [7, 11) is 0. The van der Waals surface area contributed by atoms with E-state index in [0.29, 0.717) is 11.5 Å². The molecule has 0 aliphatic carbocycles. The molecule has 1 amide bonds. The third kappa shape index (κ3) is 6.32. The quantitative estimate of drug-likeness (QED) is 0.736. The minimum Gasteiger partial charge on any atom is -0.489 e. The van der Waals surface area contributed by atoms with Crippen LogP contribution in [0.25, 0.3) is 0 Å². The first kappa shape index (κ1) is 20.3. The number of carbonyl (C=O) groups excluding carboxylic acids is 2. The van der Waals surface area contributed by atoms with Gasteiger partial charge in [0.2, 0.25) is 0 Å². The number of hydrogen-bond acceptors (Lipinski definition) is 6. The maximum Gasteiger partial charge on any atom is 0.405 e. The Morgan fingerprint density at radius 1 is 1.19 bits per heavy atom. The molecule has 10 heteroatoms. The van der Waals surface area contributed by atoms with E-state index in [9.17, 15) is 22.8 Å². The van der Waals surface area contributed by atoms with E-state index in [1.807, 2.05) is 0 Å². The van der Waals surface area contributed by atoms with Crippen LogP contribution in [0.5, 0.6) is 5.75 Å². The van der Waals surface area contributed by atoms with Crippen molar-refractivity contribution >= 4 is 11.9 Å². The zero-order valence-electron chi connectivity index (χ0n) is 14.6. The number of nitrogens with one attached hydrogen (secondary N) is 1. The van der Waals surface area contributed by atoms with Gasteiger partial charge in [-0.05, 0) is 38.1 Å². The van der Waals surface area contributed by atoms with Crippen LogP contribution >= 0.6 is 0 Å². The molecule has 0 fully saturated rings. The summed E-state index contributed by atoms with van der Waals surface area (Å²) < 4.78 is 51.2. The van der Waals surface area contributed by atoms with Crippen LogP contribution in [0.4, 0.5) is 13.2 Å². The van der Waals surface area contributed by atoms with E-state index in [1.54, 1.807) is 19.2 Å². The summed E-state index contributed by atoms with van der Waals surface area (Å²) in [5.41, 5.74) is 1.67. The van der Waals surface area contributed by atoms with Gasteiger partial charge in [0, 0.05) is 0 Å². The van der Waals surface area contributed by atoms with Crippen LogP contribution in [0.2, 0.25) is 0 Å². The standard InChI is InChI=1S/C17H17F3N2O5/c1-10-14(11(2)27-22-10)7-25-13-5-3-12(4-6-13)16(24)26-8-15(23)21-9-17(18,19)20/h3-6H,7-9H2,1-2H3,(H,21,23). The highest BCUT2D eigenvalue weighted by Gasteiger charge is 2.27. The van der Waals surface area contributed by atoms with Crippen molar-refractivity contribution in [1.29, 1.82) is 0 Å². The van der Waals surface area contributed by atoms with E-state index >= 15 is 0 Å². The number of hydrogen-bond donors (Lipinski definition) is 1. The SMILES string of the molecule is Cc1noc(C)c1COc1ccc(C(=O)OCC(=O)NCC(F)(F)F)cc1. The van der Waals surface area contributed by atoms with Crippen LogP contribution in [0.3, 0.4) is 0 Å². The van der Waals surface area contributed by atoms with E-state index < -0.39 is 31.2 Å². The number of rotatable bonds is 7. The Labute approximate surface area is 152 Å². The fraction of sp³-hybridized carbons (Fsp3) is 0.353. The Hall–Kier alpha value is -3.04. The van der Waals surface area contributed by atoms with E-state index in [-0.39, 0.29) is 12.2 Å². The number of benzene rings is 1. The number of aromatic nitrogens is 1. The smallest absolute Gasteiger partial charge is 0.405 e. The molecular formula is C17H17F3N2O5. The Kier molecular flexibility index (Phi) is 6.43. The second-order valence-corrected chi connectivity index (χ2v) is 5.58. The molecule has 0 atom stereocenters. The predicted molar refractivity (Wildman–Crippen MR) is 86.1 cm³/mol. The lowest BCUT2D eigenvalue weighted by atomic mass is 10.2. The minimum absolute atomic E-state index is 0.128. The predicted octanol–water partition coefficient (Wildman–Crippen LogP) is 2.71. The summed E-state index contributed by atoms with van der Waals surface area (Å²) in [5.74, 6) is -0.750. The minimum atomic E-state index is -4.53. The average Bonchev–Trinajstić information content (AvgIpc) is 2.94. The van der Waals surface area contributed by atoms with Crippen LogP contribution in [0.1, 0.15) is 27.4 Å². The average molecular weight is 386 g/mol. The normalized spacial score (nSPS) is 11.1. The van der Waals surface area contributed by atoms with Crippen LogP contribution in [-0.2, 0) is 16.1 Å². The second-order valence-electron chi connectivity index (χ2n) is 5.58. The maximum absolute atomic E-state index is 12.0. The highest BCUT2D eigenvalue weighted by molar-refractivity contribution is 5.91. The highest BCUT2D eigenvalue weighted by atomic mass is 19.4. The molecule has 7 nitrogen and oxygen atoms in total. The number of nitrogens with zero attached hydrogens (tertiary/aromatic N) is 1. The van der Waals surface area contributed by atoms with Gasteiger partial charge in [0.25, 0.3) is 5.91 Å². The number of alkyl halides is 3. The number of aryl methyl sites for hydroxylation is 2. The van der Waals surface area contributed by atoms with Crippen LogP contribution in [0, 0.1) is 13.8 Å². The molecular weight excluding hydrogens is 369 g/mol. The third-order valence-electron chi connectivity index (χ3n) is 3.47. The molecule has 2 aromatic rings. The number of amides is 1. The fourth-order valence-corrected chi connectivity index (χ4v) is 2.01. The molecule has 1 aromatic carbocycles. The van der Waals surface area contributed by atoms with Crippen molar-refractivity contribution in [3.05, 3.63) is 46.8 Å². The Morgan fingerprint density at radius 3 is 2.41 bits per heavy atom. The van der Waals surface area contributed by atoms with Gasteiger partial charge in [-0.1, -0.05) is 5.16 Å². The van der Waals surface area contributed by atoms with Gasteiger partial charge < -0.3 is 19.3 Å². The fourth-order valence-electron chi connectivity index (χ4n) is 2.01. The largest absolute Gasteiger partial charge is 0.489 e. The van der Waals surface area contributed by atoms with E-state index in [2.05, 4.69) is 9.89 Å².